The molecule has 1 aliphatic heterocycles. The topological polar surface area (TPSA) is 63.1 Å². The first-order chi connectivity index (χ1) is 12.5. The molecule has 1 aliphatic rings. The number of methoxy groups -OCH3 is 1. The summed E-state index contributed by atoms with van der Waals surface area (Å²) in [6, 6.07) is 15.6. The number of benzene rings is 2. The molecule has 0 spiro atoms. The largest absolute Gasteiger partial charge is 0.497 e. The molecule has 0 aliphatic carbocycles. The predicted molar refractivity (Wildman–Crippen MR) is 110 cm³/mol. The van der Waals surface area contributed by atoms with Gasteiger partial charge in [-0.3, -0.25) is 4.79 Å². The van der Waals surface area contributed by atoms with E-state index in [0.717, 1.165) is 27.1 Å². The first-order valence-corrected chi connectivity index (χ1v) is 9.71. The zero-order valence-corrected chi connectivity index (χ0v) is 16.8. The van der Waals surface area contributed by atoms with Gasteiger partial charge in [0.2, 0.25) is 5.91 Å². The van der Waals surface area contributed by atoms with Gasteiger partial charge in [-0.25, -0.2) is 0 Å². The second-order valence-corrected chi connectivity index (χ2v) is 7.85. The molecule has 1 unspecified atom stereocenters. The Labute approximate surface area is 165 Å². The minimum atomic E-state index is -0.189. The molecular formula is C19H18BrN3O2S. The van der Waals surface area contributed by atoms with Gasteiger partial charge < -0.3 is 10.1 Å². The number of thioether (sulfide) groups is 1. The number of carbonyl (C=O) groups is 1. The van der Waals surface area contributed by atoms with Crippen LogP contribution in [0.5, 0.6) is 5.75 Å². The molecule has 26 heavy (non-hydrogen) atoms. The van der Waals surface area contributed by atoms with E-state index in [0.29, 0.717) is 11.6 Å². The van der Waals surface area contributed by atoms with Crippen LogP contribution in [0.1, 0.15) is 18.1 Å². The molecule has 1 saturated heterocycles. The van der Waals surface area contributed by atoms with Crippen molar-refractivity contribution in [2.75, 3.05) is 7.11 Å². The lowest BCUT2D eigenvalue weighted by atomic mass is 10.1. The van der Waals surface area contributed by atoms with Gasteiger partial charge in [-0.15, -0.1) is 5.10 Å². The van der Waals surface area contributed by atoms with Crippen LogP contribution in [0.3, 0.4) is 0 Å². The monoisotopic (exact) mass is 431 g/mol. The molecule has 1 heterocycles. The molecule has 1 N–H and O–H groups in total. The van der Waals surface area contributed by atoms with E-state index in [2.05, 4.69) is 31.4 Å². The van der Waals surface area contributed by atoms with Crippen LogP contribution in [-0.2, 0) is 11.2 Å². The van der Waals surface area contributed by atoms with Gasteiger partial charge in [-0.2, -0.15) is 5.10 Å². The predicted octanol–water partition coefficient (Wildman–Crippen LogP) is 4.01. The van der Waals surface area contributed by atoms with E-state index in [1.165, 1.54) is 11.8 Å². The number of hydrogen-bond donors (Lipinski definition) is 1. The molecule has 0 saturated carbocycles. The zero-order chi connectivity index (χ0) is 18.5. The zero-order valence-electron chi connectivity index (χ0n) is 14.4. The minimum Gasteiger partial charge on any atom is -0.497 e. The van der Waals surface area contributed by atoms with Crippen LogP contribution in [0.15, 0.2) is 63.2 Å². The van der Waals surface area contributed by atoms with E-state index in [9.17, 15) is 4.79 Å². The minimum absolute atomic E-state index is 0.0334. The number of amides is 1. The average molecular weight is 432 g/mol. The first kappa shape index (κ1) is 18.7. The van der Waals surface area contributed by atoms with Crippen molar-refractivity contribution in [2.45, 2.75) is 18.6 Å². The molecule has 2 aromatic carbocycles. The fraction of sp³-hybridized carbons (Fsp3) is 0.211. The van der Waals surface area contributed by atoms with Gasteiger partial charge in [0.25, 0.3) is 0 Å². The number of carbonyl (C=O) groups excluding carboxylic acids is 1. The Morgan fingerprint density at radius 1 is 1.19 bits per heavy atom. The number of hydrogen-bond acceptors (Lipinski definition) is 5. The molecule has 1 fully saturated rings. The number of nitrogens with one attached hydrogen (secondary N) is 1. The maximum atomic E-state index is 12.2. The van der Waals surface area contributed by atoms with Gasteiger partial charge >= 0.3 is 0 Å². The van der Waals surface area contributed by atoms with E-state index in [-0.39, 0.29) is 11.2 Å². The summed E-state index contributed by atoms with van der Waals surface area (Å²) >= 11 is 4.83. The van der Waals surface area contributed by atoms with Crippen LogP contribution in [0, 0.1) is 0 Å². The molecule has 0 radical (unpaired) electrons. The molecule has 5 nitrogen and oxygen atoms in total. The molecule has 0 aromatic heterocycles. The quantitative estimate of drug-likeness (QED) is 0.574. The normalized spacial score (nSPS) is 18.9. The Morgan fingerprint density at radius 3 is 2.54 bits per heavy atom. The Hall–Kier alpha value is -2.12. The standard InChI is InChI=1S/C19H18BrN3O2S/c1-12(14-5-9-16(25-2)10-6-14)22-23-19-21-18(24)17(26-19)11-13-3-7-15(20)8-4-13/h3-10,17H,11H2,1-2H3,(H,21,23,24)/b22-12-. The van der Waals surface area contributed by atoms with Crippen LogP contribution in [0.4, 0.5) is 0 Å². The maximum Gasteiger partial charge on any atom is 0.239 e. The number of amidine groups is 1. The highest BCUT2D eigenvalue weighted by Crippen LogP contribution is 2.24. The highest BCUT2D eigenvalue weighted by molar-refractivity contribution is 9.10. The molecule has 0 bridgehead atoms. The Kier molecular flexibility index (Phi) is 6.11. The molecule has 134 valence electrons. The third kappa shape index (κ3) is 4.74. The van der Waals surface area contributed by atoms with E-state index in [1.807, 2.05) is 55.5 Å². The average Bonchev–Trinajstić information content (AvgIpc) is 3.01. The van der Waals surface area contributed by atoms with Crippen molar-refractivity contribution in [3.63, 3.8) is 0 Å². The summed E-state index contributed by atoms with van der Waals surface area (Å²) in [5, 5.41) is 11.6. The highest BCUT2D eigenvalue weighted by atomic mass is 79.9. The number of halogens is 1. The van der Waals surface area contributed by atoms with Crippen LogP contribution in [-0.4, -0.2) is 29.1 Å². The van der Waals surface area contributed by atoms with Crippen molar-refractivity contribution in [3.05, 3.63) is 64.1 Å². The summed E-state index contributed by atoms with van der Waals surface area (Å²) < 4.78 is 6.17. The molecular weight excluding hydrogens is 414 g/mol. The molecule has 1 amide bonds. The fourth-order valence-corrected chi connectivity index (χ4v) is 3.65. The number of ether oxygens (including phenoxy) is 1. The van der Waals surface area contributed by atoms with Crippen molar-refractivity contribution < 1.29 is 9.53 Å². The lowest BCUT2D eigenvalue weighted by Crippen LogP contribution is -2.25. The van der Waals surface area contributed by atoms with Crippen LogP contribution < -0.4 is 10.1 Å². The third-order valence-electron chi connectivity index (χ3n) is 3.91. The van der Waals surface area contributed by atoms with Crippen molar-refractivity contribution in [2.24, 2.45) is 10.2 Å². The Balaban J connectivity index is 1.65. The van der Waals surface area contributed by atoms with Crippen LogP contribution >= 0.6 is 27.7 Å². The first-order valence-electron chi connectivity index (χ1n) is 8.04. The third-order valence-corrected chi connectivity index (χ3v) is 5.51. The van der Waals surface area contributed by atoms with Crippen molar-refractivity contribution in [1.82, 2.24) is 5.32 Å². The van der Waals surface area contributed by atoms with Crippen molar-refractivity contribution >= 4 is 44.5 Å². The second kappa shape index (κ2) is 8.51. The van der Waals surface area contributed by atoms with Crippen molar-refractivity contribution in [3.8, 4) is 5.75 Å². The maximum absolute atomic E-state index is 12.2. The smallest absolute Gasteiger partial charge is 0.239 e. The van der Waals surface area contributed by atoms with Gasteiger partial charge in [-0.05, 0) is 60.9 Å². The SMILES string of the molecule is COc1ccc(/C(C)=N\N=C2\NC(=O)C(Cc3ccc(Br)cc3)S2)cc1. The second-order valence-electron chi connectivity index (χ2n) is 5.75. The van der Waals surface area contributed by atoms with E-state index >= 15 is 0 Å². The van der Waals surface area contributed by atoms with Gasteiger partial charge in [-0.1, -0.05) is 39.8 Å². The lowest BCUT2D eigenvalue weighted by Gasteiger charge is -2.05. The van der Waals surface area contributed by atoms with E-state index < -0.39 is 0 Å². The summed E-state index contributed by atoms with van der Waals surface area (Å²) in [7, 11) is 1.63. The Bertz CT molecular complexity index is 848. The Morgan fingerprint density at radius 2 is 1.88 bits per heavy atom. The molecule has 3 rings (SSSR count). The van der Waals surface area contributed by atoms with Crippen LogP contribution in [0.2, 0.25) is 0 Å². The van der Waals surface area contributed by atoms with Crippen molar-refractivity contribution in [1.29, 1.82) is 0 Å². The van der Waals surface area contributed by atoms with E-state index in [4.69, 9.17) is 4.74 Å². The van der Waals surface area contributed by atoms with Gasteiger partial charge in [0.15, 0.2) is 5.17 Å². The fourth-order valence-electron chi connectivity index (χ4n) is 2.43. The molecule has 2 aromatic rings. The number of nitrogens with zero attached hydrogens (tertiary/aromatic N) is 2. The summed E-state index contributed by atoms with van der Waals surface area (Å²) in [5.41, 5.74) is 2.84. The summed E-state index contributed by atoms with van der Waals surface area (Å²) in [4.78, 5) is 12.2. The molecule has 1 atom stereocenters. The number of rotatable bonds is 5. The lowest BCUT2D eigenvalue weighted by molar-refractivity contribution is -0.118. The van der Waals surface area contributed by atoms with Crippen LogP contribution in [0.25, 0.3) is 0 Å². The summed E-state index contributed by atoms with van der Waals surface area (Å²) in [5.74, 6) is 0.760. The van der Waals surface area contributed by atoms with Gasteiger partial charge in [0.05, 0.1) is 18.1 Å². The summed E-state index contributed by atoms with van der Waals surface area (Å²) in [6.07, 6.45) is 0.657. The van der Waals surface area contributed by atoms with Gasteiger partial charge in [0.1, 0.15) is 5.75 Å². The summed E-state index contributed by atoms with van der Waals surface area (Å²) in [6.45, 7) is 1.88. The molecule has 7 heteroatoms. The van der Waals surface area contributed by atoms with E-state index in [1.54, 1.807) is 7.11 Å². The highest BCUT2D eigenvalue weighted by Gasteiger charge is 2.30. The van der Waals surface area contributed by atoms with Gasteiger partial charge in [0, 0.05) is 4.47 Å².